The average Bonchev–Trinajstić information content (AvgIpc) is 2.46. The van der Waals surface area contributed by atoms with Gasteiger partial charge >= 0.3 is 5.97 Å². The summed E-state index contributed by atoms with van der Waals surface area (Å²) in [5.41, 5.74) is 8.52. The van der Waals surface area contributed by atoms with E-state index in [-0.39, 0.29) is 17.6 Å². The number of benzene rings is 1. The van der Waals surface area contributed by atoms with Crippen LogP contribution in [0.25, 0.3) is 0 Å². The maximum Gasteiger partial charge on any atom is 0.333 e. The van der Waals surface area contributed by atoms with Gasteiger partial charge in [-0.2, -0.15) is 0 Å². The van der Waals surface area contributed by atoms with Gasteiger partial charge in [0.1, 0.15) is 6.10 Å². The lowest BCUT2D eigenvalue weighted by Crippen LogP contribution is -2.36. The van der Waals surface area contributed by atoms with Gasteiger partial charge in [0.2, 0.25) is 0 Å². The average molecular weight is 275 g/mol. The van der Waals surface area contributed by atoms with E-state index in [1.54, 1.807) is 6.92 Å². The number of carbonyl (C=O) groups excluding carboxylic acids is 1. The van der Waals surface area contributed by atoms with Crippen molar-refractivity contribution in [3.63, 3.8) is 0 Å². The van der Waals surface area contributed by atoms with Gasteiger partial charge in [0, 0.05) is 11.1 Å². The fraction of sp³-hybridized carbons (Fsp3) is 0.471. The first kappa shape index (κ1) is 16.4. The van der Waals surface area contributed by atoms with Crippen molar-refractivity contribution >= 4 is 5.97 Å². The van der Waals surface area contributed by atoms with Crippen molar-refractivity contribution in [3.8, 4) is 0 Å². The maximum atomic E-state index is 11.7. The summed E-state index contributed by atoms with van der Waals surface area (Å²) in [4.78, 5) is 11.7. The second-order valence-electron chi connectivity index (χ2n) is 5.28. The third kappa shape index (κ3) is 3.48. The quantitative estimate of drug-likeness (QED) is 0.634. The lowest BCUT2D eigenvalue weighted by Gasteiger charge is -2.31. The van der Waals surface area contributed by atoms with Gasteiger partial charge in [0.25, 0.3) is 0 Å². The third-order valence-electron chi connectivity index (χ3n) is 3.83. The first-order valence-corrected chi connectivity index (χ1v) is 7.10. The highest BCUT2D eigenvalue weighted by Gasteiger charge is 2.28. The predicted octanol–water partition coefficient (Wildman–Crippen LogP) is 3.84. The topological polar surface area (TPSA) is 52.3 Å². The number of esters is 1. The Bertz CT molecular complexity index is 490. The largest absolute Gasteiger partial charge is 0.454 e. The molecule has 0 saturated heterocycles. The van der Waals surface area contributed by atoms with Gasteiger partial charge in [0.05, 0.1) is 0 Å². The molecule has 1 rings (SSSR count). The van der Waals surface area contributed by atoms with Crippen molar-refractivity contribution < 1.29 is 9.53 Å². The molecule has 0 bridgehead atoms. The summed E-state index contributed by atoms with van der Waals surface area (Å²) in [6.07, 6.45) is 1.33. The first-order chi connectivity index (χ1) is 9.35. The van der Waals surface area contributed by atoms with Crippen LogP contribution in [-0.2, 0) is 15.1 Å². The molecule has 3 nitrogen and oxygen atoms in total. The molecule has 0 amide bonds. The van der Waals surface area contributed by atoms with Crippen molar-refractivity contribution in [3.05, 3.63) is 47.5 Å². The second-order valence-corrected chi connectivity index (χ2v) is 5.28. The van der Waals surface area contributed by atoms with E-state index in [1.807, 2.05) is 31.2 Å². The zero-order valence-electron chi connectivity index (χ0n) is 12.9. The highest BCUT2D eigenvalue weighted by atomic mass is 16.5. The van der Waals surface area contributed by atoms with Gasteiger partial charge < -0.3 is 10.5 Å². The molecule has 0 aliphatic carbocycles. The minimum absolute atomic E-state index is 0.337. The monoisotopic (exact) mass is 275 g/mol. The molecule has 2 N–H and O–H groups in total. The molecule has 0 fully saturated rings. The Morgan fingerprint density at radius 1 is 1.35 bits per heavy atom. The molecule has 0 saturated carbocycles. The van der Waals surface area contributed by atoms with Gasteiger partial charge in [-0.15, -0.1) is 0 Å². The Kier molecular flexibility index (Phi) is 5.52. The van der Waals surface area contributed by atoms with Crippen molar-refractivity contribution in [1.82, 2.24) is 0 Å². The standard InChI is InChI=1S/C17H25NO2/c1-6-17(18,7-2)15-11-9-8-10-14(15)13(5)20-16(19)12(3)4/h8-11,13H,3,6-7,18H2,1-2,4-5H3. The SMILES string of the molecule is C=C(C)C(=O)OC(C)c1ccccc1C(N)(CC)CC. The van der Waals surface area contributed by atoms with E-state index in [9.17, 15) is 4.79 Å². The van der Waals surface area contributed by atoms with Gasteiger partial charge in [-0.1, -0.05) is 44.7 Å². The molecule has 0 radical (unpaired) electrons. The van der Waals surface area contributed by atoms with Gasteiger partial charge in [-0.3, -0.25) is 0 Å². The van der Waals surface area contributed by atoms with E-state index in [2.05, 4.69) is 20.4 Å². The molecule has 0 aromatic heterocycles. The molecule has 1 unspecified atom stereocenters. The number of rotatable bonds is 6. The number of hydrogen-bond acceptors (Lipinski definition) is 3. The van der Waals surface area contributed by atoms with E-state index in [4.69, 9.17) is 10.5 Å². The summed E-state index contributed by atoms with van der Waals surface area (Å²) in [7, 11) is 0. The van der Waals surface area contributed by atoms with Crippen molar-refractivity contribution in [2.24, 2.45) is 5.73 Å². The summed E-state index contributed by atoms with van der Waals surface area (Å²) in [5, 5.41) is 0. The van der Waals surface area contributed by atoms with Crippen molar-refractivity contribution in [1.29, 1.82) is 0 Å². The molecule has 1 aromatic rings. The van der Waals surface area contributed by atoms with Crippen LogP contribution in [0.15, 0.2) is 36.4 Å². The Morgan fingerprint density at radius 2 is 1.90 bits per heavy atom. The van der Waals surface area contributed by atoms with Gasteiger partial charge in [0.15, 0.2) is 0 Å². The molecule has 0 aliphatic rings. The lowest BCUT2D eigenvalue weighted by atomic mass is 9.82. The molecule has 1 aromatic carbocycles. The maximum absolute atomic E-state index is 11.7. The van der Waals surface area contributed by atoms with Crippen LogP contribution in [0.1, 0.15) is 57.8 Å². The van der Waals surface area contributed by atoms with Crippen LogP contribution in [0.4, 0.5) is 0 Å². The van der Waals surface area contributed by atoms with Crippen LogP contribution in [-0.4, -0.2) is 5.97 Å². The summed E-state index contributed by atoms with van der Waals surface area (Å²) < 4.78 is 5.43. The van der Waals surface area contributed by atoms with Crippen LogP contribution in [0.5, 0.6) is 0 Å². The van der Waals surface area contributed by atoms with Gasteiger partial charge in [-0.25, -0.2) is 4.79 Å². The Hall–Kier alpha value is -1.61. The highest BCUT2D eigenvalue weighted by Crippen LogP contribution is 2.33. The van der Waals surface area contributed by atoms with Crippen LogP contribution in [0.3, 0.4) is 0 Å². The Morgan fingerprint density at radius 3 is 2.40 bits per heavy atom. The van der Waals surface area contributed by atoms with Crippen LogP contribution in [0, 0.1) is 0 Å². The molecule has 110 valence electrons. The highest BCUT2D eigenvalue weighted by molar-refractivity contribution is 5.87. The van der Waals surface area contributed by atoms with Gasteiger partial charge in [-0.05, 0) is 37.8 Å². The minimum atomic E-state index is -0.388. The lowest BCUT2D eigenvalue weighted by molar-refractivity contribution is -0.143. The normalized spacial score (nSPS) is 12.8. The second kappa shape index (κ2) is 6.71. The Labute approximate surface area is 121 Å². The number of nitrogens with two attached hydrogens (primary N) is 1. The summed E-state index contributed by atoms with van der Waals surface area (Å²) in [5.74, 6) is -0.372. The van der Waals surface area contributed by atoms with Crippen LogP contribution in [0.2, 0.25) is 0 Å². The molecule has 0 aliphatic heterocycles. The van der Waals surface area contributed by atoms with Crippen LogP contribution >= 0.6 is 0 Å². The first-order valence-electron chi connectivity index (χ1n) is 7.10. The fourth-order valence-electron chi connectivity index (χ4n) is 2.26. The summed E-state index contributed by atoms with van der Waals surface area (Å²) in [6.45, 7) is 11.3. The summed E-state index contributed by atoms with van der Waals surface area (Å²) in [6, 6.07) is 7.90. The predicted molar refractivity (Wildman–Crippen MR) is 82.2 cm³/mol. The van der Waals surface area contributed by atoms with Crippen molar-refractivity contribution in [2.45, 2.75) is 52.2 Å². The minimum Gasteiger partial charge on any atom is -0.454 e. The zero-order chi connectivity index (χ0) is 15.3. The van der Waals surface area contributed by atoms with E-state index in [0.717, 1.165) is 24.0 Å². The van der Waals surface area contributed by atoms with E-state index >= 15 is 0 Å². The number of hydrogen-bond donors (Lipinski definition) is 1. The molecule has 3 heteroatoms. The smallest absolute Gasteiger partial charge is 0.333 e. The third-order valence-corrected chi connectivity index (χ3v) is 3.83. The molecule has 0 heterocycles. The zero-order valence-corrected chi connectivity index (χ0v) is 12.9. The molecule has 0 spiro atoms. The molecular formula is C17H25NO2. The molecular weight excluding hydrogens is 250 g/mol. The van der Waals surface area contributed by atoms with E-state index < -0.39 is 0 Å². The summed E-state index contributed by atoms with van der Waals surface area (Å²) >= 11 is 0. The molecule has 20 heavy (non-hydrogen) atoms. The number of ether oxygens (including phenoxy) is 1. The van der Waals surface area contributed by atoms with Crippen LogP contribution < -0.4 is 5.73 Å². The molecule has 1 atom stereocenters. The number of carbonyl (C=O) groups is 1. The van der Waals surface area contributed by atoms with E-state index in [0.29, 0.717) is 5.57 Å². The Balaban J connectivity index is 3.13. The van der Waals surface area contributed by atoms with Crippen molar-refractivity contribution in [2.75, 3.05) is 0 Å². The fourth-order valence-corrected chi connectivity index (χ4v) is 2.26. The van der Waals surface area contributed by atoms with E-state index in [1.165, 1.54) is 0 Å².